The average molecular weight is 627 g/mol. The summed E-state index contributed by atoms with van der Waals surface area (Å²) in [6.45, 7) is 1.89. The van der Waals surface area contributed by atoms with E-state index < -0.39 is 10.0 Å². The molecule has 1 fully saturated rings. The van der Waals surface area contributed by atoms with Gasteiger partial charge in [-0.3, -0.25) is 0 Å². The van der Waals surface area contributed by atoms with Crippen LogP contribution >= 0.6 is 15.9 Å². The molecule has 1 saturated carbocycles. The van der Waals surface area contributed by atoms with Gasteiger partial charge in [-0.2, -0.15) is 4.98 Å². The fraction of sp³-hybridized carbons (Fsp3) is 0.333. The molecule has 40 heavy (non-hydrogen) atoms. The van der Waals surface area contributed by atoms with Crippen LogP contribution in [-0.2, 0) is 16.4 Å². The van der Waals surface area contributed by atoms with Crippen molar-refractivity contribution in [2.24, 2.45) is 11.8 Å². The molecule has 10 heteroatoms. The maximum Gasteiger partial charge on any atom is 0.240 e. The summed E-state index contributed by atoms with van der Waals surface area (Å²) in [7, 11) is -3.50. The van der Waals surface area contributed by atoms with Crippen LogP contribution in [0.2, 0.25) is 0 Å². The number of rotatable bonds is 11. The van der Waals surface area contributed by atoms with E-state index in [1.807, 2.05) is 24.3 Å². The number of sulfonamides is 1. The first kappa shape index (κ1) is 28.4. The second-order valence-electron chi connectivity index (χ2n) is 10.3. The Morgan fingerprint density at radius 1 is 0.825 bits per heavy atom. The van der Waals surface area contributed by atoms with Crippen LogP contribution in [0.4, 0.5) is 16.2 Å². The van der Waals surface area contributed by atoms with Gasteiger partial charge in [-0.15, -0.1) is 0 Å². The molecule has 0 amide bonds. The molecule has 1 aliphatic carbocycles. The Labute approximate surface area is 243 Å². The summed E-state index contributed by atoms with van der Waals surface area (Å²) in [5, 5.41) is 7.83. The number of fused-ring (bicyclic) bond motifs is 1. The predicted molar refractivity (Wildman–Crippen MR) is 161 cm³/mol. The van der Waals surface area contributed by atoms with Crippen molar-refractivity contribution in [3.63, 3.8) is 0 Å². The molecule has 3 aromatic carbocycles. The quantitative estimate of drug-likeness (QED) is 0.179. The number of halogens is 2. The zero-order valence-electron chi connectivity index (χ0n) is 22.1. The van der Waals surface area contributed by atoms with E-state index in [0.29, 0.717) is 30.9 Å². The maximum absolute atomic E-state index is 13.2. The van der Waals surface area contributed by atoms with Gasteiger partial charge in [-0.1, -0.05) is 40.2 Å². The van der Waals surface area contributed by atoms with E-state index in [1.54, 1.807) is 36.4 Å². The molecule has 1 heterocycles. The van der Waals surface area contributed by atoms with E-state index >= 15 is 0 Å². The minimum absolute atomic E-state index is 0.232. The number of nitrogens with zero attached hydrogens (tertiary/aromatic N) is 2. The molecule has 0 unspecified atom stereocenters. The minimum Gasteiger partial charge on any atom is -0.369 e. The van der Waals surface area contributed by atoms with Gasteiger partial charge in [0.15, 0.2) is 0 Å². The third-order valence-electron chi connectivity index (χ3n) is 7.42. The minimum atomic E-state index is -3.50. The molecule has 0 aliphatic heterocycles. The van der Waals surface area contributed by atoms with E-state index in [9.17, 15) is 12.8 Å². The van der Waals surface area contributed by atoms with Gasteiger partial charge < -0.3 is 10.6 Å². The van der Waals surface area contributed by atoms with E-state index in [1.165, 1.54) is 12.1 Å². The number of aromatic nitrogens is 2. The van der Waals surface area contributed by atoms with E-state index in [4.69, 9.17) is 9.97 Å². The number of para-hydroxylation sites is 1. The molecule has 0 atom stereocenters. The number of nitrogens with one attached hydrogen (secondary N) is 3. The molecule has 0 bridgehead atoms. The number of anilines is 2. The summed E-state index contributed by atoms with van der Waals surface area (Å²) in [5.74, 6) is 1.94. The van der Waals surface area contributed by atoms with Crippen LogP contribution in [-0.4, -0.2) is 38.0 Å². The Balaban J connectivity index is 1.12. The highest BCUT2D eigenvalue weighted by Crippen LogP contribution is 2.29. The van der Waals surface area contributed by atoms with Crippen molar-refractivity contribution in [2.45, 2.75) is 37.0 Å². The third-order valence-corrected chi connectivity index (χ3v) is 9.39. The van der Waals surface area contributed by atoms with Crippen LogP contribution in [0.25, 0.3) is 10.9 Å². The number of benzene rings is 3. The second kappa shape index (κ2) is 13.1. The second-order valence-corrected chi connectivity index (χ2v) is 13.0. The number of hydrogen-bond acceptors (Lipinski definition) is 6. The van der Waals surface area contributed by atoms with Crippen LogP contribution in [0.3, 0.4) is 0 Å². The zero-order chi connectivity index (χ0) is 28.0. The maximum atomic E-state index is 13.2. The first-order valence-corrected chi connectivity index (χ1v) is 15.9. The lowest BCUT2D eigenvalue weighted by atomic mass is 9.82. The SMILES string of the molecule is O=S(=O)(NC[C@H]1CC[C@H](CNc2nc(NCCc3ccc(F)cc3)c3ccccc3n2)CC1)c1ccc(Br)cc1. The highest BCUT2D eigenvalue weighted by molar-refractivity contribution is 9.10. The van der Waals surface area contributed by atoms with Crippen LogP contribution in [0.1, 0.15) is 31.2 Å². The average Bonchev–Trinajstić information content (AvgIpc) is 2.97. The largest absolute Gasteiger partial charge is 0.369 e. The molecule has 4 aromatic rings. The normalized spacial score (nSPS) is 17.6. The van der Waals surface area contributed by atoms with E-state index in [2.05, 4.69) is 31.3 Å². The van der Waals surface area contributed by atoms with Crippen molar-refractivity contribution >= 4 is 48.6 Å². The van der Waals surface area contributed by atoms with Crippen molar-refractivity contribution in [2.75, 3.05) is 30.3 Å². The smallest absolute Gasteiger partial charge is 0.240 e. The van der Waals surface area contributed by atoms with Crippen molar-refractivity contribution in [1.29, 1.82) is 0 Å². The highest BCUT2D eigenvalue weighted by Gasteiger charge is 2.23. The highest BCUT2D eigenvalue weighted by atomic mass is 79.9. The summed E-state index contributed by atoms with van der Waals surface area (Å²) in [4.78, 5) is 9.77. The van der Waals surface area contributed by atoms with E-state index in [-0.39, 0.29) is 10.7 Å². The van der Waals surface area contributed by atoms with Gasteiger partial charge in [-0.25, -0.2) is 22.5 Å². The molecule has 0 spiro atoms. The molecule has 0 saturated heterocycles. The fourth-order valence-corrected chi connectivity index (χ4v) is 6.45. The molecule has 210 valence electrons. The van der Waals surface area contributed by atoms with Crippen molar-refractivity contribution in [1.82, 2.24) is 14.7 Å². The standard InChI is InChI=1S/C30H33BrFN5O2S/c31-24-11-15-26(16-12-24)40(38,39)35-20-23-7-5-22(6-8-23)19-34-30-36-28-4-2-1-3-27(28)29(37-30)33-18-17-21-9-13-25(32)14-10-21/h1-4,9-16,22-23,35H,5-8,17-20H2,(H2,33,34,36,37)/t22-,23-. The lowest BCUT2D eigenvalue weighted by molar-refractivity contribution is 0.284. The molecule has 0 radical (unpaired) electrons. The Bertz CT molecular complexity index is 1530. The van der Waals surface area contributed by atoms with Gasteiger partial charge >= 0.3 is 0 Å². The van der Waals surface area contributed by atoms with Gasteiger partial charge in [-0.05, 0) is 98.0 Å². The van der Waals surface area contributed by atoms with Crippen molar-refractivity contribution < 1.29 is 12.8 Å². The van der Waals surface area contributed by atoms with Crippen molar-refractivity contribution in [3.8, 4) is 0 Å². The van der Waals surface area contributed by atoms with Crippen LogP contribution < -0.4 is 15.4 Å². The summed E-state index contributed by atoms with van der Waals surface area (Å²) >= 11 is 3.34. The summed E-state index contributed by atoms with van der Waals surface area (Å²) < 4.78 is 42.1. The van der Waals surface area contributed by atoms with Gasteiger partial charge in [0.2, 0.25) is 16.0 Å². The first-order valence-electron chi connectivity index (χ1n) is 13.6. The molecular weight excluding hydrogens is 593 g/mol. The van der Waals surface area contributed by atoms with Gasteiger partial charge in [0, 0.05) is 29.5 Å². The van der Waals surface area contributed by atoms with Crippen LogP contribution in [0.15, 0.2) is 82.2 Å². The predicted octanol–water partition coefficient (Wildman–Crippen LogP) is 6.38. The molecule has 5 rings (SSSR count). The summed E-state index contributed by atoms with van der Waals surface area (Å²) in [6.07, 6.45) is 4.75. The topological polar surface area (TPSA) is 96.0 Å². The van der Waals surface area contributed by atoms with Crippen LogP contribution in [0.5, 0.6) is 0 Å². The Morgan fingerprint density at radius 2 is 1.50 bits per heavy atom. The zero-order valence-corrected chi connectivity index (χ0v) is 24.5. The fourth-order valence-electron chi connectivity index (χ4n) is 5.07. The van der Waals surface area contributed by atoms with Crippen molar-refractivity contribution in [3.05, 3.63) is 88.6 Å². The lowest BCUT2D eigenvalue weighted by Gasteiger charge is -2.28. The van der Waals surface area contributed by atoms with Crippen LogP contribution in [0, 0.1) is 17.7 Å². The lowest BCUT2D eigenvalue weighted by Crippen LogP contribution is -2.32. The Morgan fingerprint density at radius 3 is 2.23 bits per heavy atom. The summed E-state index contributed by atoms with van der Waals surface area (Å²) in [5.41, 5.74) is 1.92. The molecule has 3 N–H and O–H groups in total. The van der Waals surface area contributed by atoms with Gasteiger partial charge in [0.1, 0.15) is 11.6 Å². The molecule has 1 aromatic heterocycles. The molecule has 1 aliphatic rings. The van der Waals surface area contributed by atoms with Gasteiger partial charge in [0.05, 0.1) is 10.4 Å². The van der Waals surface area contributed by atoms with E-state index in [0.717, 1.165) is 65.4 Å². The first-order chi connectivity index (χ1) is 19.4. The molecular formula is C30H33BrFN5O2S. The molecule has 7 nitrogen and oxygen atoms in total. The number of hydrogen-bond donors (Lipinski definition) is 3. The summed E-state index contributed by atoms with van der Waals surface area (Å²) in [6, 6.07) is 21.2. The monoisotopic (exact) mass is 625 g/mol. The third kappa shape index (κ3) is 7.56. The Hall–Kier alpha value is -3.08. The Kier molecular flexibility index (Phi) is 9.29. The van der Waals surface area contributed by atoms with Gasteiger partial charge in [0.25, 0.3) is 0 Å².